The molecule has 0 heterocycles. The number of nitrogens with one attached hydrogen (secondary N) is 1. The Hall–Kier alpha value is -0.370. The highest BCUT2D eigenvalue weighted by Crippen LogP contribution is 2.20. The molecule has 0 bridgehead atoms. The van der Waals surface area contributed by atoms with Gasteiger partial charge >= 0.3 is 0 Å². The van der Waals surface area contributed by atoms with Gasteiger partial charge in [0.25, 0.3) is 0 Å². The molecule has 1 aliphatic carbocycles. The number of aliphatic hydroxyl groups excluding tert-OH is 1. The van der Waals surface area contributed by atoms with Gasteiger partial charge in [-0.05, 0) is 12.3 Å². The molecule has 0 aliphatic heterocycles. The van der Waals surface area contributed by atoms with Crippen LogP contribution in [0.15, 0.2) is 0 Å². The van der Waals surface area contributed by atoms with Gasteiger partial charge in [-0.1, -0.05) is 6.92 Å². The van der Waals surface area contributed by atoms with Crippen molar-refractivity contribution in [1.29, 1.82) is 5.41 Å². The first-order chi connectivity index (χ1) is 3.70. The summed E-state index contributed by atoms with van der Waals surface area (Å²) < 4.78 is 0. The lowest BCUT2D eigenvalue weighted by Gasteiger charge is -1.96. The first-order valence-corrected chi connectivity index (χ1v) is 2.95. The summed E-state index contributed by atoms with van der Waals surface area (Å²) in [6.45, 7) is 1.98. The molecule has 0 saturated heterocycles. The van der Waals surface area contributed by atoms with E-state index >= 15 is 0 Å². The molecule has 2 nitrogen and oxygen atoms in total. The fourth-order valence-electron chi connectivity index (χ4n) is 1.09. The standard InChI is InChI=1S/C6H11NO/c1-4-2-5(8)3-6(4)7/h4-5,7-8H,2-3H2,1H3. The maximum atomic E-state index is 8.93. The van der Waals surface area contributed by atoms with Crippen molar-refractivity contribution in [2.45, 2.75) is 25.9 Å². The topological polar surface area (TPSA) is 44.1 Å². The van der Waals surface area contributed by atoms with Gasteiger partial charge in [-0.25, -0.2) is 0 Å². The van der Waals surface area contributed by atoms with Crippen molar-refractivity contribution in [2.75, 3.05) is 0 Å². The van der Waals surface area contributed by atoms with Crippen LogP contribution >= 0.6 is 0 Å². The van der Waals surface area contributed by atoms with Crippen molar-refractivity contribution in [2.24, 2.45) is 5.92 Å². The van der Waals surface area contributed by atoms with Gasteiger partial charge in [-0.3, -0.25) is 0 Å². The van der Waals surface area contributed by atoms with E-state index in [0.717, 1.165) is 6.42 Å². The third-order valence-corrected chi connectivity index (χ3v) is 1.68. The quantitative estimate of drug-likeness (QED) is 0.479. The third kappa shape index (κ3) is 0.892. The Kier molecular flexibility index (Phi) is 1.34. The summed E-state index contributed by atoms with van der Waals surface area (Å²) in [5.74, 6) is 0.324. The second-order valence-corrected chi connectivity index (χ2v) is 2.52. The second-order valence-electron chi connectivity index (χ2n) is 2.52. The van der Waals surface area contributed by atoms with E-state index in [1.807, 2.05) is 6.92 Å². The minimum absolute atomic E-state index is 0.225. The SMILES string of the molecule is CC1CC(O)CC1=N. The van der Waals surface area contributed by atoms with Crippen LogP contribution < -0.4 is 0 Å². The van der Waals surface area contributed by atoms with Crippen molar-refractivity contribution < 1.29 is 5.11 Å². The van der Waals surface area contributed by atoms with Crippen molar-refractivity contribution >= 4 is 5.71 Å². The number of aliphatic hydroxyl groups is 1. The van der Waals surface area contributed by atoms with Gasteiger partial charge in [-0.15, -0.1) is 0 Å². The summed E-state index contributed by atoms with van der Waals surface area (Å²) in [6.07, 6.45) is 1.16. The van der Waals surface area contributed by atoms with Crippen LogP contribution in [0.5, 0.6) is 0 Å². The van der Waals surface area contributed by atoms with E-state index in [9.17, 15) is 0 Å². The smallest absolute Gasteiger partial charge is 0.0598 e. The summed E-state index contributed by atoms with van der Waals surface area (Å²) in [4.78, 5) is 0. The van der Waals surface area contributed by atoms with Crippen LogP contribution in [-0.2, 0) is 0 Å². The Morgan fingerprint density at radius 1 is 1.75 bits per heavy atom. The molecule has 2 heteroatoms. The molecule has 8 heavy (non-hydrogen) atoms. The molecule has 0 aromatic carbocycles. The molecule has 0 radical (unpaired) electrons. The molecular formula is C6H11NO. The van der Waals surface area contributed by atoms with Gasteiger partial charge in [0.05, 0.1) is 6.10 Å². The maximum Gasteiger partial charge on any atom is 0.0598 e. The van der Waals surface area contributed by atoms with Crippen LogP contribution in [0.3, 0.4) is 0 Å². The molecule has 0 aromatic heterocycles. The number of hydrogen-bond acceptors (Lipinski definition) is 2. The highest BCUT2D eigenvalue weighted by atomic mass is 16.3. The first-order valence-electron chi connectivity index (χ1n) is 2.95. The molecule has 1 fully saturated rings. The second kappa shape index (κ2) is 1.86. The minimum atomic E-state index is -0.225. The Labute approximate surface area is 49.0 Å². The lowest BCUT2D eigenvalue weighted by Crippen LogP contribution is -1.97. The lowest BCUT2D eigenvalue weighted by atomic mass is 10.1. The average Bonchev–Trinajstić information content (AvgIpc) is 1.85. The van der Waals surface area contributed by atoms with Crippen molar-refractivity contribution in [1.82, 2.24) is 0 Å². The van der Waals surface area contributed by atoms with E-state index in [1.54, 1.807) is 0 Å². The van der Waals surface area contributed by atoms with Crippen LogP contribution in [0.1, 0.15) is 19.8 Å². The van der Waals surface area contributed by atoms with E-state index in [2.05, 4.69) is 0 Å². The molecule has 1 rings (SSSR count). The molecule has 2 unspecified atom stereocenters. The zero-order chi connectivity index (χ0) is 6.15. The van der Waals surface area contributed by atoms with Crippen LogP contribution in [0, 0.1) is 11.3 Å². The highest BCUT2D eigenvalue weighted by molar-refractivity contribution is 5.85. The van der Waals surface area contributed by atoms with Crippen LogP contribution in [0.4, 0.5) is 0 Å². The largest absolute Gasteiger partial charge is 0.393 e. The van der Waals surface area contributed by atoms with Crippen molar-refractivity contribution in [3.05, 3.63) is 0 Å². The zero-order valence-electron chi connectivity index (χ0n) is 5.02. The Bertz CT molecular complexity index is 111. The van der Waals surface area contributed by atoms with Crippen LogP contribution in [0.2, 0.25) is 0 Å². The van der Waals surface area contributed by atoms with E-state index < -0.39 is 0 Å². The summed E-state index contributed by atoms with van der Waals surface area (Å²) in [5.41, 5.74) is 0.706. The number of rotatable bonds is 0. The van der Waals surface area contributed by atoms with Crippen LogP contribution in [-0.4, -0.2) is 16.9 Å². The van der Waals surface area contributed by atoms with Gasteiger partial charge < -0.3 is 10.5 Å². The van der Waals surface area contributed by atoms with Gasteiger partial charge in [0.2, 0.25) is 0 Å². The van der Waals surface area contributed by atoms with E-state index in [-0.39, 0.29) is 6.10 Å². The Morgan fingerprint density at radius 2 is 2.38 bits per heavy atom. The predicted molar refractivity (Wildman–Crippen MR) is 32.1 cm³/mol. The fraction of sp³-hybridized carbons (Fsp3) is 0.833. The summed E-state index contributed by atoms with van der Waals surface area (Å²) in [6, 6.07) is 0. The zero-order valence-corrected chi connectivity index (χ0v) is 5.02. The molecule has 0 amide bonds. The molecule has 1 aliphatic rings. The van der Waals surface area contributed by atoms with Crippen molar-refractivity contribution in [3.63, 3.8) is 0 Å². The molecule has 0 aromatic rings. The highest BCUT2D eigenvalue weighted by Gasteiger charge is 2.23. The maximum absolute atomic E-state index is 8.93. The molecule has 2 atom stereocenters. The molecule has 46 valence electrons. The Balaban J connectivity index is 2.51. The van der Waals surface area contributed by atoms with Gasteiger partial charge in [0.15, 0.2) is 0 Å². The van der Waals surface area contributed by atoms with Crippen LogP contribution in [0.25, 0.3) is 0 Å². The van der Waals surface area contributed by atoms with E-state index in [0.29, 0.717) is 18.1 Å². The van der Waals surface area contributed by atoms with Gasteiger partial charge in [0, 0.05) is 12.1 Å². The Morgan fingerprint density at radius 3 is 2.50 bits per heavy atom. The van der Waals surface area contributed by atoms with Gasteiger partial charge in [0.1, 0.15) is 0 Å². The normalized spacial score (nSPS) is 38.5. The minimum Gasteiger partial charge on any atom is -0.393 e. The lowest BCUT2D eigenvalue weighted by molar-refractivity contribution is 0.181. The average molecular weight is 113 g/mol. The van der Waals surface area contributed by atoms with E-state index in [1.165, 1.54) is 0 Å². The molecule has 0 spiro atoms. The van der Waals surface area contributed by atoms with E-state index in [4.69, 9.17) is 10.5 Å². The summed E-state index contributed by atoms with van der Waals surface area (Å²) in [7, 11) is 0. The van der Waals surface area contributed by atoms with Gasteiger partial charge in [-0.2, -0.15) is 0 Å². The fourth-order valence-corrected chi connectivity index (χ4v) is 1.09. The number of hydrogen-bond donors (Lipinski definition) is 2. The third-order valence-electron chi connectivity index (χ3n) is 1.68. The predicted octanol–water partition coefficient (Wildman–Crippen LogP) is 0.797. The molecular weight excluding hydrogens is 102 g/mol. The molecule has 2 N–H and O–H groups in total. The molecule has 1 saturated carbocycles. The van der Waals surface area contributed by atoms with Crippen molar-refractivity contribution in [3.8, 4) is 0 Å². The summed E-state index contributed by atoms with van der Waals surface area (Å²) >= 11 is 0. The monoisotopic (exact) mass is 113 g/mol. The first kappa shape index (κ1) is 5.76. The summed E-state index contributed by atoms with van der Waals surface area (Å²) in [5, 5.41) is 16.2.